The molecule has 1 aliphatic rings. The molecule has 5 heteroatoms. The molecule has 2 atom stereocenters. The van der Waals surface area contributed by atoms with E-state index in [1.54, 1.807) is 17.0 Å². The van der Waals surface area contributed by atoms with Crippen molar-refractivity contribution in [3.8, 4) is 17.2 Å². The van der Waals surface area contributed by atoms with Crippen LogP contribution in [0.25, 0.3) is 11.1 Å². The Bertz CT molecular complexity index is 888. The molecule has 0 bridgehead atoms. The van der Waals surface area contributed by atoms with Gasteiger partial charge in [0.25, 0.3) is 5.91 Å². The van der Waals surface area contributed by atoms with Crippen molar-refractivity contribution in [1.82, 2.24) is 10.2 Å². The van der Waals surface area contributed by atoms with Gasteiger partial charge in [-0.15, -0.1) is 0 Å². The van der Waals surface area contributed by atoms with Crippen LogP contribution < -0.4 is 5.32 Å². The van der Waals surface area contributed by atoms with Crippen LogP contribution >= 0.6 is 0 Å². The molecule has 1 saturated carbocycles. The molecule has 0 aromatic heterocycles. The zero-order valence-electron chi connectivity index (χ0n) is 16.3. The molecule has 0 radical (unpaired) electrons. The third-order valence-electron chi connectivity index (χ3n) is 5.47. The average Bonchev–Trinajstić information content (AvgIpc) is 3.23. The molecule has 2 aromatic rings. The van der Waals surface area contributed by atoms with E-state index in [4.69, 9.17) is 5.26 Å². The first-order valence-corrected chi connectivity index (χ1v) is 9.69. The molecule has 5 nitrogen and oxygen atoms in total. The van der Waals surface area contributed by atoms with Gasteiger partial charge in [-0.25, -0.2) is 0 Å². The molecule has 0 saturated heterocycles. The highest BCUT2D eigenvalue weighted by molar-refractivity contribution is 5.95. The molecule has 1 fully saturated rings. The number of benzene rings is 2. The first-order chi connectivity index (χ1) is 13.5. The topological polar surface area (TPSA) is 73.2 Å². The van der Waals surface area contributed by atoms with Gasteiger partial charge in [0.15, 0.2) is 0 Å². The summed E-state index contributed by atoms with van der Waals surface area (Å²) in [4.78, 5) is 26.7. The molecule has 2 aromatic carbocycles. The smallest absolute Gasteiger partial charge is 0.253 e. The number of carbonyl (C=O) groups excluding carboxylic acids is 2. The van der Waals surface area contributed by atoms with Crippen molar-refractivity contribution >= 4 is 11.8 Å². The second-order valence-electron chi connectivity index (χ2n) is 7.24. The Morgan fingerprint density at radius 2 is 1.71 bits per heavy atom. The fourth-order valence-electron chi connectivity index (χ4n) is 3.78. The molecule has 0 heterocycles. The van der Waals surface area contributed by atoms with Crippen LogP contribution in [0.4, 0.5) is 0 Å². The highest BCUT2D eigenvalue weighted by Gasteiger charge is 2.33. The molecule has 3 rings (SSSR count). The maximum atomic E-state index is 12.9. The SMILES string of the molecule is CCNC(=O)[C@H]1CC[C@@H](N(C)C(=O)c2ccc(-c3ccc(C#N)cc3)cc2)C1.[HH]. The number of rotatable bonds is 5. The summed E-state index contributed by atoms with van der Waals surface area (Å²) in [5.41, 5.74) is 3.27. The van der Waals surface area contributed by atoms with E-state index in [1.807, 2.05) is 50.4 Å². The van der Waals surface area contributed by atoms with E-state index in [9.17, 15) is 9.59 Å². The van der Waals surface area contributed by atoms with Gasteiger partial charge in [0.05, 0.1) is 11.6 Å². The number of nitrogens with one attached hydrogen (secondary N) is 1. The van der Waals surface area contributed by atoms with Gasteiger partial charge in [-0.2, -0.15) is 5.26 Å². The van der Waals surface area contributed by atoms with Crippen molar-refractivity contribution in [3.05, 3.63) is 59.7 Å². The molecular formula is C23H27N3O2. The zero-order chi connectivity index (χ0) is 20.1. The second-order valence-corrected chi connectivity index (χ2v) is 7.24. The summed E-state index contributed by atoms with van der Waals surface area (Å²) in [6, 6.07) is 17.1. The summed E-state index contributed by atoms with van der Waals surface area (Å²) in [7, 11) is 1.82. The number of amides is 2. The molecule has 0 spiro atoms. The Morgan fingerprint density at radius 3 is 2.29 bits per heavy atom. The Labute approximate surface area is 167 Å². The first kappa shape index (κ1) is 19.6. The molecule has 1 aliphatic carbocycles. The summed E-state index contributed by atoms with van der Waals surface area (Å²) < 4.78 is 0. The van der Waals surface area contributed by atoms with Crippen LogP contribution in [0.5, 0.6) is 0 Å². The van der Waals surface area contributed by atoms with Gasteiger partial charge in [-0.1, -0.05) is 24.3 Å². The van der Waals surface area contributed by atoms with E-state index in [0.29, 0.717) is 17.7 Å². The minimum atomic E-state index is -0.0204. The van der Waals surface area contributed by atoms with Gasteiger partial charge in [0, 0.05) is 32.5 Å². The third kappa shape index (κ3) is 4.23. The lowest BCUT2D eigenvalue weighted by atomic mass is 10.0. The summed E-state index contributed by atoms with van der Waals surface area (Å²) in [6.07, 6.45) is 2.40. The minimum Gasteiger partial charge on any atom is -0.356 e. The van der Waals surface area contributed by atoms with Crippen LogP contribution in [0, 0.1) is 17.2 Å². The quantitative estimate of drug-likeness (QED) is 0.860. The molecule has 1 N–H and O–H groups in total. The molecule has 2 amide bonds. The monoisotopic (exact) mass is 377 g/mol. The van der Waals surface area contributed by atoms with Crippen molar-refractivity contribution in [2.24, 2.45) is 5.92 Å². The predicted octanol–water partition coefficient (Wildman–Crippen LogP) is 3.85. The van der Waals surface area contributed by atoms with Crippen molar-refractivity contribution < 1.29 is 11.0 Å². The van der Waals surface area contributed by atoms with Crippen LogP contribution in [0.3, 0.4) is 0 Å². The molecule has 0 unspecified atom stereocenters. The van der Waals surface area contributed by atoms with Gasteiger partial charge in [-0.3, -0.25) is 9.59 Å². The predicted molar refractivity (Wildman–Crippen MR) is 111 cm³/mol. The third-order valence-corrected chi connectivity index (χ3v) is 5.47. The number of carbonyl (C=O) groups is 2. The van der Waals surface area contributed by atoms with Crippen LogP contribution in [-0.4, -0.2) is 36.3 Å². The van der Waals surface area contributed by atoms with Crippen molar-refractivity contribution in [2.75, 3.05) is 13.6 Å². The molecule has 146 valence electrons. The fourth-order valence-corrected chi connectivity index (χ4v) is 3.78. The lowest BCUT2D eigenvalue weighted by molar-refractivity contribution is -0.124. The van der Waals surface area contributed by atoms with Crippen molar-refractivity contribution in [2.45, 2.75) is 32.2 Å². The molecular weight excluding hydrogens is 350 g/mol. The number of nitrogens with zero attached hydrogens (tertiary/aromatic N) is 2. The first-order valence-electron chi connectivity index (χ1n) is 9.69. The minimum absolute atomic E-state index is 0. The highest BCUT2D eigenvalue weighted by atomic mass is 16.2. The van der Waals surface area contributed by atoms with E-state index in [0.717, 1.165) is 30.4 Å². The number of nitriles is 1. The van der Waals surface area contributed by atoms with Gasteiger partial charge in [0.1, 0.15) is 0 Å². The summed E-state index contributed by atoms with van der Waals surface area (Å²) in [5.74, 6) is 0.0736. The lowest BCUT2D eigenvalue weighted by Crippen LogP contribution is -2.36. The van der Waals surface area contributed by atoms with E-state index < -0.39 is 0 Å². The van der Waals surface area contributed by atoms with Gasteiger partial charge in [0.2, 0.25) is 5.91 Å². The van der Waals surface area contributed by atoms with Gasteiger partial charge >= 0.3 is 0 Å². The fraction of sp³-hybridized carbons (Fsp3) is 0.348. The van der Waals surface area contributed by atoms with Crippen LogP contribution in [0.15, 0.2) is 48.5 Å². The highest BCUT2D eigenvalue weighted by Crippen LogP contribution is 2.30. The van der Waals surface area contributed by atoms with Gasteiger partial charge < -0.3 is 10.2 Å². The Morgan fingerprint density at radius 1 is 1.11 bits per heavy atom. The van der Waals surface area contributed by atoms with Crippen LogP contribution in [0.2, 0.25) is 0 Å². The van der Waals surface area contributed by atoms with Crippen molar-refractivity contribution in [3.63, 3.8) is 0 Å². The van der Waals surface area contributed by atoms with E-state index >= 15 is 0 Å². The van der Waals surface area contributed by atoms with Crippen LogP contribution in [0.1, 0.15) is 43.5 Å². The Balaban J connectivity index is 0.00000300. The maximum Gasteiger partial charge on any atom is 0.253 e. The lowest BCUT2D eigenvalue weighted by Gasteiger charge is -2.25. The van der Waals surface area contributed by atoms with Gasteiger partial charge in [-0.05, 0) is 61.6 Å². The largest absolute Gasteiger partial charge is 0.356 e. The Kier molecular flexibility index (Phi) is 6.10. The summed E-state index contributed by atoms with van der Waals surface area (Å²) >= 11 is 0. The maximum absolute atomic E-state index is 12.9. The van der Waals surface area contributed by atoms with E-state index in [2.05, 4.69) is 11.4 Å². The number of hydrogen-bond donors (Lipinski definition) is 1. The van der Waals surface area contributed by atoms with E-state index in [1.165, 1.54) is 0 Å². The van der Waals surface area contributed by atoms with Crippen molar-refractivity contribution in [1.29, 1.82) is 5.26 Å². The normalized spacial score (nSPS) is 18.3. The average molecular weight is 377 g/mol. The van der Waals surface area contributed by atoms with Crippen LogP contribution in [-0.2, 0) is 4.79 Å². The standard InChI is InChI=1S/C23H25N3O2.H2/c1-3-25-22(27)20-12-13-21(14-20)26(2)23(28)19-10-8-18(9-11-19)17-6-4-16(15-24)5-7-17;/h4-11,20-21H,3,12-14H2,1-2H3,(H,25,27);1H/t20-,21+;/m0./s1. The summed E-state index contributed by atoms with van der Waals surface area (Å²) in [6.45, 7) is 2.56. The second kappa shape index (κ2) is 8.71. The summed E-state index contributed by atoms with van der Waals surface area (Å²) in [5, 5.41) is 11.8. The molecule has 0 aliphatic heterocycles. The number of hydrogen-bond acceptors (Lipinski definition) is 3. The Hall–Kier alpha value is -3.13. The molecule has 28 heavy (non-hydrogen) atoms. The zero-order valence-corrected chi connectivity index (χ0v) is 16.3. The van der Waals surface area contributed by atoms with E-state index in [-0.39, 0.29) is 25.2 Å².